The number of ether oxygens (including phenoxy) is 1. The van der Waals surface area contributed by atoms with Gasteiger partial charge in [-0.05, 0) is 43.2 Å². The molecule has 130 valence electrons. The van der Waals surface area contributed by atoms with Gasteiger partial charge in [0.25, 0.3) is 0 Å². The second kappa shape index (κ2) is 7.43. The van der Waals surface area contributed by atoms with Gasteiger partial charge < -0.3 is 21.2 Å². The highest BCUT2D eigenvalue weighted by Gasteiger charge is 2.11. The number of nitrogens with one attached hydrogen (secondary N) is 1. The van der Waals surface area contributed by atoms with Crippen molar-refractivity contribution in [1.29, 1.82) is 0 Å². The number of hydrogen-bond acceptors (Lipinski definition) is 7. The van der Waals surface area contributed by atoms with Crippen LogP contribution in [0.2, 0.25) is 0 Å². The molecular weight excluding hydrogens is 338 g/mol. The molecule has 0 aliphatic heterocycles. The number of nitrogen functional groups attached to an aromatic ring is 2. The van der Waals surface area contributed by atoms with E-state index in [0.717, 1.165) is 28.0 Å². The minimum absolute atomic E-state index is 0.162. The molecule has 0 bridgehead atoms. The van der Waals surface area contributed by atoms with Gasteiger partial charge in [-0.25, -0.2) is 4.79 Å². The van der Waals surface area contributed by atoms with E-state index in [1.807, 2.05) is 18.3 Å². The number of aromatic nitrogens is 3. The number of rotatable bonds is 6. The van der Waals surface area contributed by atoms with Gasteiger partial charge in [0.1, 0.15) is 11.5 Å². The van der Waals surface area contributed by atoms with Crippen molar-refractivity contribution >= 4 is 40.5 Å². The predicted octanol–water partition coefficient (Wildman–Crippen LogP) is 2.63. The molecule has 2 heterocycles. The van der Waals surface area contributed by atoms with Crippen molar-refractivity contribution in [3.05, 3.63) is 41.6 Å². The topological polar surface area (TPSA) is 120 Å². The second-order valence-electron chi connectivity index (χ2n) is 5.35. The number of fused-ring (bicyclic) bond motifs is 1. The molecule has 0 fully saturated rings. The maximum Gasteiger partial charge on any atom is 0.338 e. The minimum atomic E-state index is -0.299. The lowest BCUT2D eigenvalue weighted by molar-refractivity contribution is 0.0526. The molecule has 3 aromatic rings. The van der Waals surface area contributed by atoms with E-state index in [1.165, 1.54) is 0 Å². The van der Waals surface area contributed by atoms with Crippen LogP contribution in [0.5, 0.6) is 0 Å². The fourth-order valence-corrected chi connectivity index (χ4v) is 3.41. The van der Waals surface area contributed by atoms with Gasteiger partial charge in [0.05, 0.1) is 17.6 Å². The van der Waals surface area contributed by atoms with E-state index in [4.69, 9.17) is 16.2 Å². The summed E-state index contributed by atoms with van der Waals surface area (Å²) < 4.78 is 4.98. The fraction of sp³-hybridized carbons (Fsp3) is 0.235. The summed E-state index contributed by atoms with van der Waals surface area (Å²) in [5, 5.41) is 0.826. The third-order valence-electron chi connectivity index (χ3n) is 3.66. The Morgan fingerprint density at radius 2 is 2.00 bits per heavy atom. The average molecular weight is 357 g/mol. The molecule has 25 heavy (non-hydrogen) atoms. The standard InChI is InChI=1S/C17H19N5O2S/c1-2-24-16(23)10-3-5-12(6-4-10)25-8-7-11-9-20-15-13(11)14(18)21-17(19)22-15/h3-6,9H,2,7-8H2,1H3,(H5,18,19,20,21,22). The van der Waals surface area contributed by atoms with E-state index in [9.17, 15) is 4.79 Å². The fourth-order valence-electron chi connectivity index (χ4n) is 2.52. The lowest BCUT2D eigenvalue weighted by Crippen LogP contribution is -2.04. The van der Waals surface area contributed by atoms with Crippen LogP contribution in [0.25, 0.3) is 11.0 Å². The number of nitrogens with zero attached hydrogens (tertiary/aromatic N) is 2. The maximum atomic E-state index is 11.6. The highest BCUT2D eigenvalue weighted by atomic mass is 32.2. The van der Waals surface area contributed by atoms with Crippen molar-refractivity contribution in [2.24, 2.45) is 0 Å². The molecule has 0 aliphatic rings. The van der Waals surface area contributed by atoms with Crippen LogP contribution in [0.15, 0.2) is 35.4 Å². The Balaban J connectivity index is 1.63. The Bertz CT molecular complexity index is 892. The summed E-state index contributed by atoms with van der Waals surface area (Å²) in [5.74, 6) is 1.11. The third kappa shape index (κ3) is 3.85. The SMILES string of the molecule is CCOC(=O)c1ccc(SCCc2c[nH]c3nc(N)nc(N)c23)cc1. The average Bonchev–Trinajstić information content (AvgIpc) is 2.99. The van der Waals surface area contributed by atoms with E-state index >= 15 is 0 Å². The summed E-state index contributed by atoms with van der Waals surface area (Å²) in [6, 6.07) is 7.40. The summed E-state index contributed by atoms with van der Waals surface area (Å²) in [7, 11) is 0. The molecule has 0 atom stereocenters. The third-order valence-corrected chi connectivity index (χ3v) is 4.68. The number of hydrogen-bond donors (Lipinski definition) is 3. The number of carbonyl (C=O) groups excluding carboxylic acids is 1. The van der Waals surface area contributed by atoms with Gasteiger partial charge in [0, 0.05) is 16.8 Å². The van der Waals surface area contributed by atoms with Crippen molar-refractivity contribution in [3.8, 4) is 0 Å². The molecule has 5 N–H and O–H groups in total. The highest BCUT2D eigenvalue weighted by Crippen LogP contribution is 2.26. The van der Waals surface area contributed by atoms with Crippen molar-refractivity contribution in [2.75, 3.05) is 23.8 Å². The molecule has 0 saturated heterocycles. The first kappa shape index (κ1) is 17.1. The van der Waals surface area contributed by atoms with E-state index in [2.05, 4.69) is 15.0 Å². The number of aromatic amines is 1. The van der Waals surface area contributed by atoms with Crippen molar-refractivity contribution < 1.29 is 9.53 Å². The van der Waals surface area contributed by atoms with E-state index in [0.29, 0.717) is 23.6 Å². The number of H-pyrrole nitrogens is 1. The first-order valence-electron chi connectivity index (χ1n) is 7.87. The zero-order valence-electron chi connectivity index (χ0n) is 13.8. The number of anilines is 2. The van der Waals surface area contributed by atoms with E-state index in [-0.39, 0.29) is 11.9 Å². The van der Waals surface area contributed by atoms with Crippen LogP contribution in [0.1, 0.15) is 22.8 Å². The van der Waals surface area contributed by atoms with Crippen LogP contribution in [-0.2, 0) is 11.2 Å². The molecule has 8 heteroatoms. The Morgan fingerprint density at radius 3 is 2.72 bits per heavy atom. The van der Waals surface area contributed by atoms with Crippen LogP contribution < -0.4 is 11.5 Å². The van der Waals surface area contributed by atoms with Crippen LogP contribution in [-0.4, -0.2) is 33.3 Å². The van der Waals surface area contributed by atoms with E-state index in [1.54, 1.807) is 30.8 Å². The largest absolute Gasteiger partial charge is 0.462 e. The molecule has 2 aromatic heterocycles. The van der Waals surface area contributed by atoms with Gasteiger partial charge in [-0.1, -0.05) is 0 Å². The summed E-state index contributed by atoms with van der Waals surface area (Å²) in [6.07, 6.45) is 2.70. The summed E-state index contributed by atoms with van der Waals surface area (Å²) in [5.41, 5.74) is 13.8. The lowest BCUT2D eigenvalue weighted by atomic mass is 10.2. The van der Waals surface area contributed by atoms with Crippen LogP contribution in [0.3, 0.4) is 0 Å². The zero-order chi connectivity index (χ0) is 17.8. The second-order valence-corrected chi connectivity index (χ2v) is 6.52. The summed E-state index contributed by atoms with van der Waals surface area (Å²) in [6.45, 7) is 2.16. The molecule has 7 nitrogen and oxygen atoms in total. The maximum absolute atomic E-state index is 11.6. The Labute approximate surface area is 149 Å². The first-order valence-corrected chi connectivity index (χ1v) is 8.86. The number of benzene rings is 1. The van der Waals surface area contributed by atoms with Gasteiger partial charge >= 0.3 is 5.97 Å². The van der Waals surface area contributed by atoms with Crippen LogP contribution in [0, 0.1) is 0 Å². The molecule has 0 saturated carbocycles. The number of carbonyl (C=O) groups is 1. The van der Waals surface area contributed by atoms with Gasteiger partial charge in [-0.2, -0.15) is 9.97 Å². The van der Waals surface area contributed by atoms with Crippen LogP contribution >= 0.6 is 11.8 Å². The zero-order valence-corrected chi connectivity index (χ0v) is 14.6. The minimum Gasteiger partial charge on any atom is -0.462 e. The molecule has 0 unspecified atom stereocenters. The molecule has 0 amide bonds. The van der Waals surface area contributed by atoms with Gasteiger partial charge in [-0.15, -0.1) is 11.8 Å². The number of nitrogens with two attached hydrogens (primary N) is 2. The quantitative estimate of drug-likeness (QED) is 0.458. The number of aryl methyl sites for hydroxylation is 1. The van der Waals surface area contributed by atoms with E-state index < -0.39 is 0 Å². The number of thioether (sulfide) groups is 1. The van der Waals surface area contributed by atoms with Crippen molar-refractivity contribution in [1.82, 2.24) is 15.0 Å². The Morgan fingerprint density at radius 1 is 1.24 bits per heavy atom. The van der Waals surface area contributed by atoms with Crippen molar-refractivity contribution in [3.63, 3.8) is 0 Å². The highest BCUT2D eigenvalue weighted by molar-refractivity contribution is 7.99. The Kier molecular flexibility index (Phi) is 5.08. The van der Waals surface area contributed by atoms with Gasteiger partial charge in [-0.3, -0.25) is 0 Å². The molecule has 0 radical (unpaired) electrons. The smallest absolute Gasteiger partial charge is 0.338 e. The normalized spacial score (nSPS) is 10.9. The molecule has 1 aromatic carbocycles. The monoisotopic (exact) mass is 357 g/mol. The lowest BCUT2D eigenvalue weighted by Gasteiger charge is -2.05. The number of esters is 1. The Hall–Kier alpha value is -2.74. The summed E-state index contributed by atoms with van der Waals surface area (Å²) >= 11 is 1.70. The molecule has 3 rings (SSSR count). The van der Waals surface area contributed by atoms with Gasteiger partial charge in [0.2, 0.25) is 5.95 Å². The van der Waals surface area contributed by atoms with Crippen molar-refractivity contribution in [2.45, 2.75) is 18.2 Å². The molecular formula is C17H19N5O2S. The summed E-state index contributed by atoms with van der Waals surface area (Å²) in [4.78, 5) is 24.0. The first-order chi connectivity index (χ1) is 12.1. The molecule has 0 aliphatic carbocycles. The van der Waals surface area contributed by atoms with Crippen LogP contribution in [0.4, 0.5) is 11.8 Å². The predicted molar refractivity (Wildman–Crippen MR) is 99.5 cm³/mol. The van der Waals surface area contributed by atoms with Gasteiger partial charge in [0.15, 0.2) is 0 Å². The molecule has 0 spiro atoms.